The predicted octanol–water partition coefficient (Wildman–Crippen LogP) is 3.01. The van der Waals surface area contributed by atoms with Gasteiger partial charge in [-0.1, -0.05) is 31.2 Å². The highest BCUT2D eigenvalue weighted by atomic mass is 16.5. The second-order valence-electron chi connectivity index (χ2n) is 6.31. The lowest BCUT2D eigenvalue weighted by Gasteiger charge is -2.13. The number of carboxylic acid groups (broad SMARTS) is 1. The summed E-state index contributed by atoms with van der Waals surface area (Å²) in [5.41, 5.74) is 2.11. The SMILES string of the molecule is COc1cccc(C(C)CC(=O)NCCc2ccc(OCC(=O)O)cc2)c1. The molecule has 0 aliphatic carbocycles. The Morgan fingerprint density at radius 1 is 1.11 bits per heavy atom. The Kier molecular flexibility index (Phi) is 7.67. The largest absolute Gasteiger partial charge is 0.497 e. The van der Waals surface area contributed by atoms with E-state index in [0.717, 1.165) is 16.9 Å². The third-order valence-electron chi connectivity index (χ3n) is 4.18. The molecule has 1 amide bonds. The van der Waals surface area contributed by atoms with Crippen molar-refractivity contribution in [2.45, 2.75) is 25.7 Å². The monoisotopic (exact) mass is 371 g/mol. The summed E-state index contributed by atoms with van der Waals surface area (Å²) in [7, 11) is 1.63. The molecule has 2 aromatic rings. The first kappa shape index (κ1) is 20.3. The van der Waals surface area contributed by atoms with Crippen LogP contribution in [0, 0.1) is 0 Å². The average Bonchev–Trinajstić information content (AvgIpc) is 2.67. The standard InChI is InChI=1S/C21H25NO5/c1-15(17-4-3-5-19(13-17)26-2)12-20(23)22-11-10-16-6-8-18(9-7-16)27-14-21(24)25/h3-9,13,15H,10-12,14H2,1-2H3,(H,22,23)(H,24,25). The summed E-state index contributed by atoms with van der Waals surface area (Å²) < 4.78 is 10.3. The number of ether oxygens (including phenoxy) is 2. The molecule has 144 valence electrons. The number of aliphatic carboxylic acids is 1. The van der Waals surface area contributed by atoms with Crippen molar-refractivity contribution in [3.05, 3.63) is 59.7 Å². The van der Waals surface area contributed by atoms with Gasteiger partial charge >= 0.3 is 5.97 Å². The quantitative estimate of drug-likeness (QED) is 0.671. The van der Waals surface area contributed by atoms with Crippen LogP contribution in [0.25, 0.3) is 0 Å². The zero-order valence-corrected chi connectivity index (χ0v) is 15.6. The molecule has 6 nitrogen and oxygen atoms in total. The molecule has 1 unspecified atom stereocenters. The van der Waals surface area contributed by atoms with Gasteiger partial charge in [0.05, 0.1) is 7.11 Å². The maximum atomic E-state index is 12.2. The van der Waals surface area contributed by atoms with Gasteiger partial charge < -0.3 is 19.9 Å². The molecule has 0 aromatic heterocycles. The average molecular weight is 371 g/mol. The molecule has 0 radical (unpaired) electrons. The Labute approximate surface area is 159 Å². The third kappa shape index (κ3) is 7.01. The molecular formula is C21H25NO5. The second kappa shape index (κ2) is 10.2. The van der Waals surface area contributed by atoms with Gasteiger partial charge in [-0.3, -0.25) is 4.79 Å². The van der Waals surface area contributed by atoms with E-state index < -0.39 is 5.97 Å². The zero-order valence-electron chi connectivity index (χ0n) is 15.6. The molecule has 0 heterocycles. The summed E-state index contributed by atoms with van der Waals surface area (Å²) in [6, 6.07) is 14.9. The highest BCUT2D eigenvalue weighted by molar-refractivity contribution is 5.76. The van der Waals surface area contributed by atoms with E-state index in [1.54, 1.807) is 19.2 Å². The predicted molar refractivity (Wildman–Crippen MR) is 102 cm³/mol. The van der Waals surface area contributed by atoms with Gasteiger partial charge in [0.2, 0.25) is 5.91 Å². The van der Waals surface area contributed by atoms with Crippen LogP contribution in [0.4, 0.5) is 0 Å². The number of hydrogen-bond acceptors (Lipinski definition) is 4. The maximum Gasteiger partial charge on any atom is 0.341 e. The Hall–Kier alpha value is -3.02. The molecule has 0 fully saturated rings. The van der Waals surface area contributed by atoms with Crippen LogP contribution in [0.2, 0.25) is 0 Å². The van der Waals surface area contributed by atoms with Crippen molar-refractivity contribution in [1.82, 2.24) is 5.32 Å². The first-order chi connectivity index (χ1) is 13.0. The van der Waals surface area contributed by atoms with Gasteiger partial charge in [0, 0.05) is 13.0 Å². The van der Waals surface area contributed by atoms with E-state index in [1.165, 1.54) is 0 Å². The van der Waals surface area contributed by atoms with E-state index in [0.29, 0.717) is 25.1 Å². The normalized spacial score (nSPS) is 11.5. The Balaban J connectivity index is 1.74. The minimum absolute atomic E-state index is 0.00623. The van der Waals surface area contributed by atoms with Crippen molar-refractivity contribution < 1.29 is 24.2 Å². The summed E-state index contributed by atoms with van der Waals surface area (Å²) in [5.74, 6) is 0.398. The van der Waals surface area contributed by atoms with Gasteiger partial charge in [0.1, 0.15) is 11.5 Å². The number of methoxy groups -OCH3 is 1. The van der Waals surface area contributed by atoms with Crippen LogP contribution in [-0.2, 0) is 16.0 Å². The van der Waals surface area contributed by atoms with E-state index in [2.05, 4.69) is 5.32 Å². The number of hydrogen-bond donors (Lipinski definition) is 2. The maximum absolute atomic E-state index is 12.2. The van der Waals surface area contributed by atoms with E-state index in [1.807, 2.05) is 43.3 Å². The molecule has 6 heteroatoms. The first-order valence-electron chi connectivity index (χ1n) is 8.82. The summed E-state index contributed by atoms with van der Waals surface area (Å²) in [4.78, 5) is 22.6. The molecule has 2 rings (SSSR count). The number of carboxylic acids is 1. The van der Waals surface area contributed by atoms with Crippen molar-refractivity contribution in [2.75, 3.05) is 20.3 Å². The van der Waals surface area contributed by atoms with Crippen LogP contribution >= 0.6 is 0 Å². The fourth-order valence-electron chi connectivity index (χ4n) is 2.66. The Morgan fingerprint density at radius 3 is 2.52 bits per heavy atom. The molecule has 27 heavy (non-hydrogen) atoms. The summed E-state index contributed by atoms with van der Waals surface area (Å²) in [6.07, 6.45) is 1.10. The van der Waals surface area contributed by atoms with Crippen molar-refractivity contribution in [2.24, 2.45) is 0 Å². The minimum atomic E-state index is -1.01. The topological polar surface area (TPSA) is 84.9 Å². The summed E-state index contributed by atoms with van der Waals surface area (Å²) in [6.45, 7) is 2.20. The van der Waals surface area contributed by atoms with Crippen molar-refractivity contribution >= 4 is 11.9 Å². The minimum Gasteiger partial charge on any atom is -0.497 e. The van der Waals surface area contributed by atoms with Crippen LogP contribution in [0.3, 0.4) is 0 Å². The number of nitrogens with one attached hydrogen (secondary N) is 1. The number of rotatable bonds is 10. The van der Waals surface area contributed by atoms with Crippen LogP contribution in [0.1, 0.15) is 30.4 Å². The van der Waals surface area contributed by atoms with Crippen LogP contribution in [-0.4, -0.2) is 37.2 Å². The van der Waals surface area contributed by atoms with Crippen molar-refractivity contribution in [3.63, 3.8) is 0 Å². The van der Waals surface area contributed by atoms with Crippen LogP contribution < -0.4 is 14.8 Å². The fourth-order valence-corrected chi connectivity index (χ4v) is 2.66. The van der Waals surface area contributed by atoms with E-state index in [9.17, 15) is 9.59 Å². The molecule has 0 saturated carbocycles. The Bertz CT molecular complexity index is 757. The molecule has 0 saturated heterocycles. The number of carbonyl (C=O) groups is 2. The molecule has 1 atom stereocenters. The highest BCUT2D eigenvalue weighted by Crippen LogP contribution is 2.23. The third-order valence-corrected chi connectivity index (χ3v) is 4.18. The van der Waals surface area contributed by atoms with Gasteiger partial charge in [-0.15, -0.1) is 0 Å². The molecular weight excluding hydrogens is 346 g/mol. The summed E-state index contributed by atoms with van der Waals surface area (Å²) >= 11 is 0. The smallest absolute Gasteiger partial charge is 0.341 e. The lowest BCUT2D eigenvalue weighted by molar-refractivity contribution is -0.139. The van der Waals surface area contributed by atoms with Crippen LogP contribution in [0.5, 0.6) is 11.5 Å². The van der Waals surface area contributed by atoms with Crippen molar-refractivity contribution in [1.29, 1.82) is 0 Å². The molecule has 0 aliphatic heterocycles. The van der Waals surface area contributed by atoms with E-state index >= 15 is 0 Å². The van der Waals surface area contributed by atoms with Gasteiger partial charge in [0.15, 0.2) is 6.61 Å². The van der Waals surface area contributed by atoms with Gasteiger partial charge in [0.25, 0.3) is 0 Å². The number of amides is 1. The molecule has 0 bridgehead atoms. The Morgan fingerprint density at radius 2 is 1.85 bits per heavy atom. The number of carbonyl (C=O) groups excluding carboxylic acids is 1. The lowest BCUT2D eigenvalue weighted by Crippen LogP contribution is -2.26. The lowest BCUT2D eigenvalue weighted by atomic mass is 9.97. The van der Waals surface area contributed by atoms with Crippen LogP contribution in [0.15, 0.2) is 48.5 Å². The molecule has 0 aliphatic rings. The van der Waals surface area contributed by atoms with Gasteiger partial charge in [-0.05, 0) is 47.7 Å². The van der Waals surface area contributed by atoms with Gasteiger partial charge in [-0.2, -0.15) is 0 Å². The summed E-state index contributed by atoms with van der Waals surface area (Å²) in [5, 5.41) is 11.5. The van der Waals surface area contributed by atoms with E-state index in [4.69, 9.17) is 14.6 Å². The first-order valence-corrected chi connectivity index (χ1v) is 8.82. The van der Waals surface area contributed by atoms with Gasteiger partial charge in [-0.25, -0.2) is 4.79 Å². The zero-order chi connectivity index (χ0) is 19.6. The molecule has 2 N–H and O–H groups in total. The number of benzene rings is 2. The van der Waals surface area contributed by atoms with E-state index in [-0.39, 0.29) is 18.4 Å². The van der Waals surface area contributed by atoms with Crippen molar-refractivity contribution in [3.8, 4) is 11.5 Å². The molecule has 0 spiro atoms. The second-order valence-corrected chi connectivity index (χ2v) is 6.31. The fraction of sp³-hybridized carbons (Fsp3) is 0.333. The molecule has 2 aromatic carbocycles. The highest BCUT2D eigenvalue weighted by Gasteiger charge is 2.11.